The first-order valence-electron chi connectivity index (χ1n) is 35.2. The molecule has 82 heavy (non-hydrogen) atoms. The number of ether oxygens (including phenoxy) is 3. The van der Waals surface area contributed by atoms with E-state index < -0.39 is 6.10 Å². The fourth-order valence-electron chi connectivity index (χ4n) is 10.1. The molecule has 0 aliphatic rings. The third kappa shape index (κ3) is 67.1. The molecule has 0 saturated heterocycles. The molecule has 0 saturated carbocycles. The molecule has 0 rings (SSSR count). The lowest BCUT2D eigenvalue weighted by Crippen LogP contribution is -2.30. The molecule has 6 heteroatoms. The summed E-state index contributed by atoms with van der Waals surface area (Å²) in [7, 11) is 0. The Morgan fingerprint density at radius 2 is 0.476 bits per heavy atom. The molecule has 0 bridgehead atoms. The van der Waals surface area contributed by atoms with Crippen molar-refractivity contribution in [3.8, 4) is 0 Å². The van der Waals surface area contributed by atoms with Gasteiger partial charge in [-0.15, -0.1) is 0 Å². The molecule has 0 heterocycles. The van der Waals surface area contributed by atoms with Crippen molar-refractivity contribution in [1.82, 2.24) is 0 Å². The summed E-state index contributed by atoms with van der Waals surface area (Å²) in [5.41, 5.74) is 0. The molecular formula is C76H132O6. The van der Waals surface area contributed by atoms with E-state index in [1.165, 1.54) is 186 Å². The molecule has 1 atom stereocenters. The van der Waals surface area contributed by atoms with Crippen LogP contribution in [0.15, 0.2) is 97.2 Å². The summed E-state index contributed by atoms with van der Waals surface area (Å²) < 4.78 is 17.0. The zero-order valence-corrected chi connectivity index (χ0v) is 54.2. The first-order valence-corrected chi connectivity index (χ1v) is 35.2. The number of rotatable bonds is 64. The van der Waals surface area contributed by atoms with Gasteiger partial charge < -0.3 is 14.2 Å². The lowest BCUT2D eigenvalue weighted by atomic mass is 10.0. The van der Waals surface area contributed by atoms with E-state index in [0.29, 0.717) is 19.3 Å². The molecule has 0 fully saturated rings. The highest BCUT2D eigenvalue weighted by Gasteiger charge is 2.19. The van der Waals surface area contributed by atoms with Crippen LogP contribution >= 0.6 is 0 Å². The Labute approximate surface area is 508 Å². The highest BCUT2D eigenvalue weighted by atomic mass is 16.6. The van der Waals surface area contributed by atoms with Gasteiger partial charge in [-0.05, 0) is 83.5 Å². The summed E-state index contributed by atoms with van der Waals surface area (Å²) in [6.45, 7) is 6.56. The molecule has 0 spiro atoms. The van der Waals surface area contributed by atoms with Crippen molar-refractivity contribution in [2.75, 3.05) is 13.2 Å². The zero-order valence-electron chi connectivity index (χ0n) is 54.2. The van der Waals surface area contributed by atoms with Gasteiger partial charge in [-0.25, -0.2) is 0 Å². The van der Waals surface area contributed by atoms with Gasteiger partial charge in [0.15, 0.2) is 6.10 Å². The quantitative estimate of drug-likeness (QED) is 0.0261. The van der Waals surface area contributed by atoms with Crippen LogP contribution in [0.2, 0.25) is 0 Å². The number of unbranched alkanes of at least 4 members (excludes halogenated alkanes) is 37. The second-order valence-electron chi connectivity index (χ2n) is 23.4. The van der Waals surface area contributed by atoms with Crippen LogP contribution in [0.3, 0.4) is 0 Å². The molecule has 472 valence electrons. The Kier molecular flexibility index (Phi) is 66.7. The number of carbonyl (C=O) groups is 3. The van der Waals surface area contributed by atoms with Gasteiger partial charge in [-0.2, -0.15) is 0 Å². The van der Waals surface area contributed by atoms with Crippen LogP contribution in [0.1, 0.15) is 348 Å². The molecule has 0 aromatic rings. The number of allylic oxidation sites excluding steroid dienone is 16. The first-order chi connectivity index (χ1) is 40.5. The lowest BCUT2D eigenvalue weighted by molar-refractivity contribution is -0.167. The molecule has 0 aliphatic heterocycles. The van der Waals surface area contributed by atoms with Crippen LogP contribution in [0, 0.1) is 0 Å². The maximum atomic E-state index is 12.9. The number of carbonyl (C=O) groups excluding carboxylic acids is 3. The fraction of sp³-hybridized carbons (Fsp3) is 0.750. The van der Waals surface area contributed by atoms with E-state index >= 15 is 0 Å². The smallest absolute Gasteiger partial charge is 0.306 e. The second-order valence-corrected chi connectivity index (χ2v) is 23.4. The summed E-state index contributed by atoms with van der Waals surface area (Å²) in [6, 6.07) is 0. The molecule has 0 aliphatic carbocycles. The molecule has 6 nitrogen and oxygen atoms in total. The van der Waals surface area contributed by atoms with Crippen LogP contribution in [0.5, 0.6) is 0 Å². The van der Waals surface area contributed by atoms with E-state index in [-0.39, 0.29) is 31.1 Å². The van der Waals surface area contributed by atoms with E-state index in [1.807, 2.05) is 0 Å². The van der Waals surface area contributed by atoms with E-state index in [0.717, 1.165) is 122 Å². The van der Waals surface area contributed by atoms with Crippen molar-refractivity contribution in [3.05, 3.63) is 97.2 Å². The molecular weight excluding hydrogens is 1010 g/mol. The minimum absolute atomic E-state index is 0.0770. The average molecular weight is 1140 g/mol. The fourth-order valence-corrected chi connectivity index (χ4v) is 10.1. The largest absolute Gasteiger partial charge is 0.462 e. The lowest BCUT2D eigenvalue weighted by Gasteiger charge is -2.18. The molecule has 0 N–H and O–H groups in total. The van der Waals surface area contributed by atoms with E-state index in [9.17, 15) is 14.4 Å². The minimum Gasteiger partial charge on any atom is -0.462 e. The average Bonchev–Trinajstić information content (AvgIpc) is 3.47. The Bertz CT molecular complexity index is 1590. The van der Waals surface area contributed by atoms with Crippen LogP contribution < -0.4 is 0 Å². The Morgan fingerprint density at radius 1 is 0.256 bits per heavy atom. The van der Waals surface area contributed by atoms with Gasteiger partial charge in [0, 0.05) is 19.3 Å². The third-order valence-corrected chi connectivity index (χ3v) is 15.4. The van der Waals surface area contributed by atoms with E-state index in [2.05, 4.69) is 118 Å². The predicted octanol–water partition coefficient (Wildman–Crippen LogP) is 24.4. The molecule has 0 radical (unpaired) electrons. The van der Waals surface area contributed by atoms with Gasteiger partial charge in [-0.3, -0.25) is 14.4 Å². The van der Waals surface area contributed by atoms with Crippen molar-refractivity contribution < 1.29 is 28.6 Å². The van der Waals surface area contributed by atoms with Gasteiger partial charge in [0.1, 0.15) is 13.2 Å². The summed E-state index contributed by atoms with van der Waals surface area (Å²) in [4.78, 5) is 38.4. The van der Waals surface area contributed by atoms with Crippen LogP contribution in [-0.2, 0) is 28.6 Å². The van der Waals surface area contributed by atoms with E-state index in [1.54, 1.807) is 0 Å². The van der Waals surface area contributed by atoms with Crippen LogP contribution in [0.4, 0.5) is 0 Å². The predicted molar refractivity (Wildman–Crippen MR) is 357 cm³/mol. The van der Waals surface area contributed by atoms with Gasteiger partial charge >= 0.3 is 17.9 Å². The highest BCUT2D eigenvalue weighted by molar-refractivity contribution is 5.71. The van der Waals surface area contributed by atoms with Crippen LogP contribution in [-0.4, -0.2) is 37.2 Å². The topological polar surface area (TPSA) is 78.9 Å². The Balaban J connectivity index is 4.29. The Hall–Kier alpha value is -3.67. The van der Waals surface area contributed by atoms with Gasteiger partial charge in [0.05, 0.1) is 0 Å². The van der Waals surface area contributed by atoms with Crippen molar-refractivity contribution in [1.29, 1.82) is 0 Å². The summed E-state index contributed by atoms with van der Waals surface area (Å²) >= 11 is 0. The molecule has 0 aromatic carbocycles. The third-order valence-electron chi connectivity index (χ3n) is 15.4. The maximum Gasteiger partial charge on any atom is 0.306 e. The number of hydrogen-bond acceptors (Lipinski definition) is 6. The second kappa shape index (κ2) is 69.8. The van der Waals surface area contributed by atoms with Gasteiger partial charge in [-0.1, -0.05) is 343 Å². The van der Waals surface area contributed by atoms with E-state index in [4.69, 9.17) is 14.2 Å². The number of esters is 3. The normalized spacial score (nSPS) is 12.7. The zero-order chi connectivity index (χ0) is 59.2. The van der Waals surface area contributed by atoms with Crippen molar-refractivity contribution in [2.24, 2.45) is 0 Å². The highest BCUT2D eigenvalue weighted by Crippen LogP contribution is 2.18. The van der Waals surface area contributed by atoms with Crippen molar-refractivity contribution >= 4 is 17.9 Å². The summed E-state index contributed by atoms with van der Waals surface area (Å²) in [5, 5.41) is 0. The van der Waals surface area contributed by atoms with Gasteiger partial charge in [0.25, 0.3) is 0 Å². The standard InChI is InChI=1S/C76H132O6/c1-4-7-10-13-16-19-22-25-27-29-31-33-34-35-36-37-38-39-40-41-42-44-45-47-49-51-54-57-60-63-66-69-75(78)81-72-73(71-80-74(77)68-65-62-59-56-53-24-21-18-15-12-9-6-3)82-76(79)70-67-64-61-58-55-52-50-48-46-43-32-30-28-26-23-20-17-14-11-8-5-2/h7,10,16,19,25,27,31,33,35-36,38-39,41-42,45,47,73H,4-6,8-9,11-15,17-18,20-24,26,28-30,32,34,37,40,43-44,46,48-72H2,1-3H3/b10-7-,19-16-,27-25-,33-31-,36-35-,39-38-,42-41-,47-45-. The van der Waals surface area contributed by atoms with Crippen molar-refractivity contribution in [3.63, 3.8) is 0 Å². The Morgan fingerprint density at radius 3 is 0.744 bits per heavy atom. The minimum atomic E-state index is -0.782. The first kappa shape index (κ1) is 78.3. The molecule has 1 unspecified atom stereocenters. The summed E-state index contributed by atoms with van der Waals surface area (Å²) in [6.07, 6.45) is 94.3. The summed E-state index contributed by atoms with van der Waals surface area (Å²) in [5.74, 6) is -0.874. The molecule has 0 amide bonds. The monoisotopic (exact) mass is 1140 g/mol. The van der Waals surface area contributed by atoms with Crippen molar-refractivity contribution in [2.45, 2.75) is 354 Å². The molecule has 0 aromatic heterocycles. The van der Waals surface area contributed by atoms with Crippen LogP contribution in [0.25, 0.3) is 0 Å². The SMILES string of the molecule is CC/C=C\C/C=C\C/C=C\C/C=C\C/C=C\C/C=C\C/C=C\C/C=C\CCCCCCCCC(=O)OCC(COC(=O)CCCCCCCCCCCCCC)OC(=O)CCCCCCCCCCCCCCCCCCCCCCC. The maximum absolute atomic E-state index is 12.9. The van der Waals surface area contributed by atoms with Gasteiger partial charge in [0.2, 0.25) is 0 Å². The number of hydrogen-bond donors (Lipinski definition) is 0.